The van der Waals surface area contributed by atoms with Gasteiger partial charge < -0.3 is 24.6 Å². The lowest BCUT2D eigenvalue weighted by molar-refractivity contribution is -0.115. The Hall–Kier alpha value is -2.93. The van der Waals surface area contributed by atoms with Crippen molar-refractivity contribution < 1.29 is 28.9 Å². The van der Waals surface area contributed by atoms with Gasteiger partial charge in [-0.1, -0.05) is 11.6 Å². The van der Waals surface area contributed by atoms with Crippen molar-refractivity contribution in [2.75, 3.05) is 26.6 Å². The maximum atomic E-state index is 12.4. The monoisotopic (exact) mass is 379 g/mol. The minimum Gasteiger partial charge on any atom is -0.502 e. The number of halogens is 1. The molecule has 0 aliphatic rings. The van der Waals surface area contributed by atoms with Gasteiger partial charge in [0.1, 0.15) is 0 Å². The first-order chi connectivity index (χ1) is 12.4. The zero-order valence-electron chi connectivity index (χ0n) is 14.5. The Kier molecular flexibility index (Phi) is 6.30. The van der Waals surface area contributed by atoms with Crippen molar-refractivity contribution >= 4 is 29.2 Å². The van der Waals surface area contributed by atoms with E-state index in [0.29, 0.717) is 10.6 Å². The standard InChI is InChI=1S/C18H18ClNO6/c1-24-14-6-10(7-15(25-2)17(14)22)8-16(21)20-13-9-11(19)4-5-12(13)18(23)26-3/h4-7,9,22H,8H2,1-3H3,(H,20,21). The molecular formula is C18H18ClNO6. The molecular weight excluding hydrogens is 362 g/mol. The molecule has 0 fully saturated rings. The smallest absolute Gasteiger partial charge is 0.339 e. The zero-order chi connectivity index (χ0) is 19.3. The number of carbonyl (C=O) groups is 2. The van der Waals surface area contributed by atoms with Gasteiger partial charge >= 0.3 is 5.97 Å². The van der Waals surface area contributed by atoms with Crippen LogP contribution in [-0.2, 0) is 16.0 Å². The van der Waals surface area contributed by atoms with Crippen molar-refractivity contribution in [1.29, 1.82) is 0 Å². The number of phenols is 1. The minimum atomic E-state index is -0.593. The first-order valence-corrected chi connectivity index (χ1v) is 7.89. The number of rotatable bonds is 6. The van der Waals surface area contributed by atoms with Crippen LogP contribution in [0.3, 0.4) is 0 Å². The van der Waals surface area contributed by atoms with Gasteiger partial charge in [-0.2, -0.15) is 0 Å². The molecule has 0 spiro atoms. The summed E-state index contributed by atoms with van der Waals surface area (Å²) < 4.78 is 14.8. The van der Waals surface area contributed by atoms with E-state index in [9.17, 15) is 14.7 Å². The Bertz CT molecular complexity index is 811. The number of aromatic hydroxyl groups is 1. The van der Waals surface area contributed by atoms with E-state index < -0.39 is 11.9 Å². The molecule has 1 amide bonds. The molecule has 0 aliphatic heterocycles. The van der Waals surface area contributed by atoms with Crippen LogP contribution in [0.1, 0.15) is 15.9 Å². The van der Waals surface area contributed by atoms with Gasteiger partial charge in [0.25, 0.3) is 0 Å². The summed E-state index contributed by atoms with van der Waals surface area (Å²) in [5.41, 5.74) is 0.980. The fraction of sp³-hybridized carbons (Fsp3) is 0.222. The van der Waals surface area contributed by atoms with Gasteiger partial charge in [0.2, 0.25) is 11.7 Å². The van der Waals surface area contributed by atoms with Crippen molar-refractivity contribution in [1.82, 2.24) is 0 Å². The fourth-order valence-electron chi connectivity index (χ4n) is 2.34. The largest absolute Gasteiger partial charge is 0.502 e. The fourth-order valence-corrected chi connectivity index (χ4v) is 2.51. The van der Waals surface area contributed by atoms with Crippen LogP contribution in [-0.4, -0.2) is 38.3 Å². The third kappa shape index (κ3) is 4.37. The summed E-state index contributed by atoms with van der Waals surface area (Å²) in [7, 11) is 4.04. The van der Waals surface area contributed by atoms with Crippen LogP contribution in [0.15, 0.2) is 30.3 Å². The molecule has 7 nitrogen and oxygen atoms in total. The second kappa shape index (κ2) is 8.44. The third-order valence-corrected chi connectivity index (χ3v) is 3.80. The number of hydrogen-bond acceptors (Lipinski definition) is 6. The number of carbonyl (C=O) groups excluding carboxylic acids is 2. The van der Waals surface area contributed by atoms with E-state index in [0.717, 1.165) is 0 Å². The van der Waals surface area contributed by atoms with Gasteiger partial charge in [0.15, 0.2) is 11.5 Å². The first-order valence-electron chi connectivity index (χ1n) is 7.51. The Balaban J connectivity index is 2.25. The van der Waals surface area contributed by atoms with Gasteiger partial charge in [0.05, 0.1) is 39.0 Å². The van der Waals surface area contributed by atoms with Crippen molar-refractivity contribution in [3.05, 3.63) is 46.5 Å². The predicted octanol–water partition coefficient (Wildman–Crippen LogP) is 3.03. The van der Waals surface area contributed by atoms with Crippen molar-refractivity contribution in [2.24, 2.45) is 0 Å². The topological polar surface area (TPSA) is 94.1 Å². The van der Waals surface area contributed by atoms with Gasteiger partial charge in [-0.05, 0) is 35.9 Å². The molecule has 2 aromatic carbocycles. The Morgan fingerprint density at radius 1 is 1.08 bits per heavy atom. The molecule has 2 aromatic rings. The highest BCUT2D eigenvalue weighted by atomic mass is 35.5. The number of phenolic OH excluding ortho intramolecular Hbond substituents is 1. The summed E-state index contributed by atoms with van der Waals surface area (Å²) in [6.45, 7) is 0. The molecule has 0 heterocycles. The number of methoxy groups -OCH3 is 3. The lowest BCUT2D eigenvalue weighted by Crippen LogP contribution is -2.17. The Labute approximate surface area is 155 Å². The van der Waals surface area contributed by atoms with Crippen LogP contribution in [0.5, 0.6) is 17.2 Å². The van der Waals surface area contributed by atoms with Crippen LogP contribution >= 0.6 is 11.6 Å². The molecule has 0 bridgehead atoms. The van der Waals surface area contributed by atoms with E-state index in [4.69, 9.17) is 25.8 Å². The lowest BCUT2D eigenvalue weighted by atomic mass is 10.1. The SMILES string of the molecule is COC(=O)c1ccc(Cl)cc1NC(=O)Cc1cc(OC)c(O)c(OC)c1. The molecule has 0 aliphatic carbocycles. The Morgan fingerprint density at radius 2 is 1.69 bits per heavy atom. The second-order valence-electron chi connectivity index (χ2n) is 5.26. The summed E-state index contributed by atoms with van der Waals surface area (Å²) in [5.74, 6) is -0.769. The normalized spacial score (nSPS) is 10.2. The number of hydrogen-bond donors (Lipinski definition) is 2. The van der Waals surface area contributed by atoms with Crippen LogP contribution in [0.2, 0.25) is 5.02 Å². The van der Waals surface area contributed by atoms with Gasteiger partial charge in [-0.25, -0.2) is 4.79 Å². The lowest BCUT2D eigenvalue weighted by Gasteiger charge is -2.13. The summed E-state index contributed by atoms with van der Waals surface area (Å²) in [6.07, 6.45) is -0.0415. The molecule has 0 radical (unpaired) electrons. The molecule has 26 heavy (non-hydrogen) atoms. The highest BCUT2D eigenvalue weighted by molar-refractivity contribution is 6.31. The first kappa shape index (κ1) is 19.4. The molecule has 0 saturated carbocycles. The summed E-state index contributed by atoms with van der Waals surface area (Å²) in [6, 6.07) is 7.51. The third-order valence-electron chi connectivity index (χ3n) is 3.57. The Morgan fingerprint density at radius 3 is 2.23 bits per heavy atom. The molecule has 8 heteroatoms. The molecule has 2 rings (SSSR count). The number of amides is 1. The maximum absolute atomic E-state index is 12.4. The van der Waals surface area contributed by atoms with Crippen LogP contribution in [0.25, 0.3) is 0 Å². The average Bonchev–Trinajstić information content (AvgIpc) is 2.62. The quantitative estimate of drug-likeness (QED) is 0.749. The summed E-state index contributed by atoms with van der Waals surface area (Å²) in [5, 5.41) is 12.9. The summed E-state index contributed by atoms with van der Waals surface area (Å²) in [4.78, 5) is 24.2. The molecule has 138 valence electrons. The number of ether oxygens (including phenoxy) is 3. The van der Waals surface area contributed by atoms with Gasteiger partial charge in [-0.15, -0.1) is 0 Å². The second-order valence-corrected chi connectivity index (χ2v) is 5.69. The predicted molar refractivity (Wildman–Crippen MR) is 96.3 cm³/mol. The molecule has 0 aromatic heterocycles. The summed E-state index contributed by atoms with van der Waals surface area (Å²) >= 11 is 5.94. The average molecular weight is 380 g/mol. The van der Waals surface area contributed by atoms with Crippen LogP contribution in [0.4, 0.5) is 5.69 Å². The van der Waals surface area contributed by atoms with Gasteiger partial charge in [-0.3, -0.25) is 4.79 Å². The van der Waals surface area contributed by atoms with E-state index in [2.05, 4.69) is 5.32 Å². The molecule has 2 N–H and O–H groups in total. The van der Waals surface area contributed by atoms with Gasteiger partial charge in [0, 0.05) is 5.02 Å². The number of benzene rings is 2. The highest BCUT2D eigenvalue weighted by Crippen LogP contribution is 2.37. The number of esters is 1. The number of anilines is 1. The minimum absolute atomic E-state index is 0.0415. The van der Waals surface area contributed by atoms with Crippen molar-refractivity contribution in [3.8, 4) is 17.2 Å². The zero-order valence-corrected chi connectivity index (χ0v) is 15.2. The molecule has 0 atom stereocenters. The van der Waals surface area contributed by atoms with Crippen LogP contribution in [0, 0.1) is 0 Å². The molecule has 0 saturated heterocycles. The van der Waals surface area contributed by atoms with E-state index in [1.165, 1.54) is 51.7 Å². The van der Waals surface area contributed by atoms with Crippen LogP contribution < -0.4 is 14.8 Å². The highest BCUT2D eigenvalue weighted by Gasteiger charge is 2.17. The van der Waals surface area contributed by atoms with E-state index >= 15 is 0 Å². The van der Waals surface area contributed by atoms with Crippen molar-refractivity contribution in [3.63, 3.8) is 0 Å². The van der Waals surface area contributed by atoms with E-state index in [1.807, 2.05) is 0 Å². The molecule has 0 unspecified atom stereocenters. The number of nitrogens with one attached hydrogen (secondary N) is 1. The van der Waals surface area contributed by atoms with E-state index in [-0.39, 0.29) is 34.9 Å². The maximum Gasteiger partial charge on any atom is 0.339 e. The van der Waals surface area contributed by atoms with E-state index in [1.54, 1.807) is 0 Å². The van der Waals surface area contributed by atoms with Crippen molar-refractivity contribution in [2.45, 2.75) is 6.42 Å².